The first-order chi connectivity index (χ1) is 6.77. The zero-order valence-electron chi connectivity index (χ0n) is 10.8. The van der Waals surface area contributed by atoms with Crippen LogP contribution in [0.3, 0.4) is 0 Å². The molecule has 15 heavy (non-hydrogen) atoms. The van der Waals surface area contributed by atoms with Crippen molar-refractivity contribution in [2.45, 2.75) is 66.4 Å². The van der Waals surface area contributed by atoms with Crippen LogP contribution in [0.1, 0.15) is 60.3 Å². The fraction of sp³-hybridized carbons (Fsp3) is 0.923. The number of aliphatic hydroxyl groups excluding tert-OH is 1. The number of carbonyl (C=O) groups excluding carboxylic acids is 1. The fourth-order valence-corrected chi connectivity index (χ4v) is 1.30. The molecule has 0 aromatic heterocycles. The smallest absolute Gasteiger partial charge is 0.140 e. The van der Waals surface area contributed by atoms with E-state index in [1.807, 2.05) is 20.8 Å². The first-order valence-electron chi connectivity index (χ1n) is 5.98. The lowest BCUT2D eigenvalue weighted by Gasteiger charge is -2.19. The van der Waals surface area contributed by atoms with Gasteiger partial charge in [0, 0.05) is 11.8 Å². The largest absolute Gasteiger partial charge is 0.393 e. The van der Waals surface area contributed by atoms with Gasteiger partial charge in [-0.15, -0.1) is 0 Å². The summed E-state index contributed by atoms with van der Waals surface area (Å²) in [5.41, 5.74) is -0.322. The lowest BCUT2D eigenvalue weighted by Crippen LogP contribution is -2.25. The van der Waals surface area contributed by atoms with Crippen LogP contribution in [-0.4, -0.2) is 17.0 Å². The summed E-state index contributed by atoms with van der Waals surface area (Å²) >= 11 is 0. The number of hydrogen-bond donors (Lipinski definition) is 1. The van der Waals surface area contributed by atoms with Crippen molar-refractivity contribution in [3.8, 4) is 0 Å². The van der Waals surface area contributed by atoms with E-state index in [1.165, 1.54) is 0 Å². The van der Waals surface area contributed by atoms with Crippen LogP contribution < -0.4 is 0 Å². The summed E-state index contributed by atoms with van der Waals surface area (Å²) in [4.78, 5) is 11.6. The molecule has 0 radical (unpaired) electrons. The van der Waals surface area contributed by atoms with Crippen LogP contribution >= 0.6 is 0 Å². The molecule has 0 aliphatic rings. The Bertz CT molecular complexity index is 191. The van der Waals surface area contributed by atoms with Gasteiger partial charge in [-0.2, -0.15) is 0 Å². The van der Waals surface area contributed by atoms with Gasteiger partial charge in [0.1, 0.15) is 5.78 Å². The van der Waals surface area contributed by atoms with Crippen molar-refractivity contribution in [3.63, 3.8) is 0 Å². The van der Waals surface area contributed by atoms with E-state index < -0.39 is 6.10 Å². The second-order valence-electron chi connectivity index (χ2n) is 5.62. The summed E-state index contributed by atoms with van der Waals surface area (Å²) in [5, 5.41) is 9.71. The summed E-state index contributed by atoms with van der Waals surface area (Å²) in [6, 6.07) is 0. The van der Waals surface area contributed by atoms with Crippen LogP contribution in [0.25, 0.3) is 0 Å². The highest BCUT2D eigenvalue weighted by atomic mass is 16.3. The molecule has 0 fully saturated rings. The van der Waals surface area contributed by atoms with Gasteiger partial charge >= 0.3 is 0 Å². The molecular weight excluding hydrogens is 188 g/mol. The van der Waals surface area contributed by atoms with E-state index in [9.17, 15) is 9.90 Å². The zero-order valence-corrected chi connectivity index (χ0v) is 10.8. The Labute approximate surface area is 94.1 Å². The molecule has 0 amide bonds. The maximum atomic E-state index is 11.6. The van der Waals surface area contributed by atoms with Gasteiger partial charge < -0.3 is 5.11 Å². The number of aliphatic hydroxyl groups is 1. The summed E-state index contributed by atoms with van der Waals surface area (Å²) in [7, 11) is 0. The van der Waals surface area contributed by atoms with Crippen LogP contribution in [-0.2, 0) is 4.79 Å². The van der Waals surface area contributed by atoms with E-state index in [1.54, 1.807) is 0 Å². The molecule has 2 atom stereocenters. The Morgan fingerprint density at radius 1 is 1.27 bits per heavy atom. The predicted molar refractivity (Wildman–Crippen MR) is 63.8 cm³/mol. The van der Waals surface area contributed by atoms with Crippen molar-refractivity contribution in [1.82, 2.24) is 0 Å². The fourth-order valence-electron chi connectivity index (χ4n) is 1.30. The minimum Gasteiger partial charge on any atom is -0.393 e. The molecule has 0 aliphatic carbocycles. The summed E-state index contributed by atoms with van der Waals surface area (Å²) in [5.74, 6) is 0.795. The second kappa shape index (κ2) is 6.26. The Kier molecular flexibility index (Phi) is 6.11. The number of carbonyl (C=O) groups is 1. The average molecular weight is 214 g/mol. The van der Waals surface area contributed by atoms with Crippen LogP contribution in [0, 0.1) is 11.3 Å². The van der Waals surface area contributed by atoms with Crippen LogP contribution in [0.5, 0.6) is 0 Å². The van der Waals surface area contributed by atoms with Crippen molar-refractivity contribution in [2.24, 2.45) is 11.3 Å². The van der Waals surface area contributed by atoms with Crippen LogP contribution in [0.15, 0.2) is 0 Å². The average Bonchev–Trinajstić information content (AvgIpc) is 2.12. The van der Waals surface area contributed by atoms with Gasteiger partial charge in [0.2, 0.25) is 0 Å². The summed E-state index contributed by atoms with van der Waals surface area (Å²) in [6.45, 7) is 10.0. The third-order valence-corrected chi connectivity index (χ3v) is 2.95. The zero-order chi connectivity index (χ0) is 12.1. The molecule has 1 N–H and O–H groups in total. The summed E-state index contributed by atoms with van der Waals surface area (Å²) in [6.07, 6.45) is 2.75. The molecule has 0 heterocycles. The van der Waals surface area contributed by atoms with Gasteiger partial charge in [0.15, 0.2) is 0 Å². The number of Topliss-reactive ketones (excluding diaryl/α,β-unsaturated/α-hetero) is 1. The Morgan fingerprint density at radius 2 is 1.80 bits per heavy atom. The highest BCUT2D eigenvalue weighted by molar-refractivity contribution is 5.83. The molecule has 0 bridgehead atoms. The van der Waals surface area contributed by atoms with Crippen molar-refractivity contribution >= 4 is 5.78 Å². The number of rotatable bonds is 6. The van der Waals surface area contributed by atoms with Gasteiger partial charge in [-0.3, -0.25) is 4.79 Å². The van der Waals surface area contributed by atoms with E-state index in [2.05, 4.69) is 13.8 Å². The normalized spacial score (nSPS) is 16.1. The maximum absolute atomic E-state index is 11.6. The molecule has 2 heteroatoms. The topological polar surface area (TPSA) is 37.3 Å². The van der Waals surface area contributed by atoms with E-state index >= 15 is 0 Å². The summed E-state index contributed by atoms with van der Waals surface area (Å²) < 4.78 is 0. The van der Waals surface area contributed by atoms with Crippen molar-refractivity contribution in [1.29, 1.82) is 0 Å². The molecule has 2 nitrogen and oxygen atoms in total. The molecule has 0 saturated heterocycles. The molecule has 90 valence electrons. The Balaban J connectivity index is 3.84. The van der Waals surface area contributed by atoms with Crippen LogP contribution in [0.2, 0.25) is 0 Å². The molecule has 0 rings (SSSR count). The monoisotopic (exact) mass is 214 g/mol. The number of ketones is 1. The minimum atomic E-state index is -0.453. The third-order valence-electron chi connectivity index (χ3n) is 2.95. The van der Waals surface area contributed by atoms with Gasteiger partial charge in [-0.1, -0.05) is 41.0 Å². The quantitative estimate of drug-likeness (QED) is 0.737. The van der Waals surface area contributed by atoms with Crippen molar-refractivity contribution in [3.05, 3.63) is 0 Å². The lowest BCUT2D eigenvalue weighted by atomic mass is 9.86. The van der Waals surface area contributed by atoms with Gasteiger partial charge in [0.05, 0.1) is 6.10 Å². The van der Waals surface area contributed by atoms with Crippen LogP contribution in [0.4, 0.5) is 0 Å². The Morgan fingerprint density at radius 3 is 2.20 bits per heavy atom. The first-order valence-corrected chi connectivity index (χ1v) is 5.98. The standard InChI is InChI=1S/C13H26O2/c1-6-10(2)7-8-11(14)9-12(15)13(3,4)5/h10-11,14H,6-9H2,1-5H3/t10-,11+/m0/s1. The SMILES string of the molecule is CC[C@H](C)CC[C@@H](O)CC(=O)C(C)(C)C. The van der Waals surface area contributed by atoms with E-state index in [0.717, 1.165) is 19.3 Å². The molecule has 0 aliphatic heterocycles. The van der Waals surface area contributed by atoms with Crippen molar-refractivity contribution in [2.75, 3.05) is 0 Å². The molecule has 0 unspecified atom stereocenters. The van der Waals surface area contributed by atoms with Gasteiger partial charge in [0.25, 0.3) is 0 Å². The molecule has 0 aromatic carbocycles. The van der Waals surface area contributed by atoms with E-state index in [-0.39, 0.29) is 11.2 Å². The number of hydrogen-bond acceptors (Lipinski definition) is 2. The molecule has 0 spiro atoms. The predicted octanol–water partition coefficient (Wildman–Crippen LogP) is 3.18. The van der Waals surface area contributed by atoms with Crippen molar-refractivity contribution < 1.29 is 9.90 Å². The minimum absolute atomic E-state index is 0.152. The highest BCUT2D eigenvalue weighted by Gasteiger charge is 2.23. The Hall–Kier alpha value is -0.370. The maximum Gasteiger partial charge on any atom is 0.140 e. The van der Waals surface area contributed by atoms with E-state index in [4.69, 9.17) is 0 Å². The molecule has 0 saturated carbocycles. The van der Waals surface area contributed by atoms with Gasteiger partial charge in [-0.25, -0.2) is 0 Å². The second-order valence-corrected chi connectivity index (χ2v) is 5.62. The third kappa shape index (κ3) is 6.67. The molecule has 0 aromatic rings. The lowest BCUT2D eigenvalue weighted by molar-refractivity contribution is -0.128. The first kappa shape index (κ1) is 14.6. The van der Waals surface area contributed by atoms with E-state index in [0.29, 0.717) is 12.3 Å². The van der Waals surface area contributed by atoms with Gasteiger partial charge in [-0.05, 0) is 18.8 Å². The molecular formula is C13H26O2. The highest BCUT2D eigenvalue weighted by Crippen LogP contribution is 2.20.